The standard InChI is InChI=1S/C21H20N2O4/c1-15-7-10-17(11-8-15)18-13-20(27-23-18)22-19(24)14-26-21(25)12-9-16-5-3-2-4-6-16/h2-8,10-11,13H,9,12,14H2,1H3,(H,22,24). The summed E-state index contributed by atoms with van der Waals surface area (Å²) in [6.45, 7) is 1.63. The van der Waals surface area contributed by atoms with Crippen molar-refractivity contribution in [3.63, 3.8) is 0 Å². The van der Waals surface area contributed by atoms with Crippen molar-refractivity contribution in [1.82, 2.24) is 5.16 Å². The summed E-state index contributed by atoms with van der Waals surface area (Å²) in [6, 6.07) is 19.0. The van der Waals surface area contributed by atoms with E-state index in [0.717, 1.165) is 16.7 Å². The van der Waals surface area contributed by atoms with Gasteiger partial charge in [-0.25, -0.2) is 0 Å². The van der Waals surface area contributed by atoms with Gasteiger partial charge in [0.2, 0.25) is 5.88 Å². The highest BCUT2D eigenvalue weighted by Gasteiger charge is 2.12. The van der Waals surface area contributed by atoms with Gasteiger partial charge in [-0.15, -0.1) is 0 Å². The smallest absolute Gasteiger partial charge is 0.306 e. The van der Waals surface area contributed by atoms with Gasteiger partial charge in [-0.2, -0.15) is 0 Å². The van der Waals surface area contributed by atoms with Crippen LogP contribution in [0.15, 0.2) is 65.2 Å². The maximum absolute atomic E-state index is 11.9. The van der Waals surface area contributed by atoms with Crippen molar-refractivity contribution in [2.45, 2.75) is 19.8 Å². The first-order valence-corrected chi connectivity index (χ1v) is 8.63. The van der Waals surface area contributed by atoms with Crippen LogP contribution < -0.4 is 5.32 Å². The van der Waals surface area contributed by atoms with E-state index in [0.29, 0.717) is 12.1 Å². The van der Waals surface area contributed by atoms with Crippen molar-refractivity contribution >= 4 is 17.8 Å². The third-order valence-corrected chi connectivity index (χ3v) is 3.94. The third-order valence-electron chi connectivity index (χ3n) is 3.94. The van der Waals surface area contributed by atoms with Crippen molar-refractivity contribution in [2.24, 2.45) is 0 Å². The Kier molecular flexibility index (Phi) is 5.99. The number of anilines is 1. The zero-order valence-electron chi connectivity index (χ0n) is 15.0. The molecule has 3 rings (SSSR count). The van der Waals surface area contributed by atoms with E-state index in [1.54, 1.807) is 6.07 Å². The molecule has 27 heavy (non-hydrogen) atoms. The first kappa shape index (κ1) is 18.4. The van der Waals surface area contributed by atoms with Crippen LogP contribution in [0.1, 0.15) is 17.5 Å². The number of aryl methyl sites for hydroxylation is 2. The average molecular weight is 364 g/mol. The van der Waals surface area contributed by atoms with Crippen LogP contribution in [-0.4, -0.2) is 23.6 Å². The number of hydrogen-bond acceptors (Lipinski definition) is 5. The molecule has 1 aromatic heterocycles. The molecule has 1 amide bonds. The van der Waals surface area contributed by atoms with Crippen LogP contribution in [0, 0.1) is 6.92 Å². The summed E-state index contributed by atoms with van der Waals surface area (Å²) < 4.78 is 10.1. The molecule has 1 N–H and O–H groups in total. The molecule has 0 spiro atoms. The molecule has 1 heterocycles. The van der Waals surface area contributed by atoms with E-state index in [-0.39, 0.29) is 18.9 Å². The van der Waals surface area contributed by atoms with Gasteiger partial charge < -0.3 is 9.26 Å². The van der Waals surface area contributed by atoms with E-state index in [9.17, 15) is 9.59 Å². The molecule has 0 radical (unpaired) electrons. The largest absolute Gasteiger partial charge is 0.456 e. The lowest BCUT2D eigenvalue weighted by Crippen LogP contribution is -2.20. The highest BCUT2D eigenvalue weighted by Crippen LogP contribution is 2.21. The maximum Gasteiger partial charge on any atom is 0.306 e. The van der Waals surface area contributed by atoms with E-state index >= 15 is 0 Å². The predicted octanol–water partition coefficient (Wildman–Crippen LogP) is 3.76. The molecule has 2 aromatic carbocycles. The molecule has 0 aliphatic rings. The average Bonchev–Trinajstić information content (AvgIpc) is 3.14. The van der Waals surface area contributed by atoms with Gasteiger partial charge in [0, 0.05) is 18.1 Å². The van der Waals surface area contributed by atoms with Crippen molar-refractivity contribution < 1.29 is 18.8 Å². The Bertz CT molecular complexity index is 901. The van der Waals surface area contributed by atoms with Crippen LogP contribution in [0.2, 0.25) is 0 Å². The van der Waals surface area contributed by atoms with Crippen molar-refractivity contribution in [3.05, 3.63) is 71.8 Å². The summed E-state index contributed by atoms with van der Waals surface area (Å²) >= 11 is 0. The molecular weight excluding hydrogens is 344 g/mol. The number of carbonyl (C=O) groups is 2. The summed E-state index contributed by atoms with van der Waals surface area (Å²) in [6.07, 6.45) is 0.792. The number of ether oxygens (including phenoxy) is 1. The second-order valence-corrected chi connectivity index (χ2v) is 6.14. The van der Waals surface area contributed by atoms with Gasteiger partial charge >= 0.3 is 5.97 Å². The van der Waals surface area contributed by atoms with Gasteiger partial charge in [0.15, 0.2) is 6.61 Å². The lowest BCUT2D eigenvalue weighted by Gasteiger charge is -2.04. The summed E-state index contributed by atoms with van der Waals surface area (Å²) in [5, 5.41) is 6.46. The van der Waals surface area contributed by atoms with Crippen LogP contribution in [0.5, 0.6) is 0 Å². The number of hydrogen-bond donors (Lipinski definition) is 1. The lowest BCUT2D eigenvalue weighted by atomic mass is 10.1. The van der Waals surface area contributed by atoms with Crippen LogP contribution >= 0.6 is 0 Å². The summed E-state index contributed by atoms with van der Waals surface area (Å²) in [4.78, 5) is 23.7. The molecule has 0 aliphatic carbocycles. The van der Waals surface area contributed by atoms with E-state index in [1.807, 2.05) is 61.5 Å². The molecule has 6 nitrogen and oxygen atoms in total. The fraction of sp³-hybridized carbons (Fsp3) is 0.190. The lowest BCUT2D eigenvalue weighted by molar-refractivity contribution is -0.147. The molecule has 0 saturated carbocycles. The SMILES string of the molecule is Cc1ccc(-c2cc(NC(=O)COC(=O)CCc3ccccc3)on2)cc1. The Hall–Kier alpha value is -3.41. The molecule has 0 unspecified atom stereocenters. The van der Waals surface area contributed by atoms with Crippen LogP contribution in [0.25, 0.3) is 11.3 Å². The number of carbonyl (C=O) groups excluding carboxylic acids is 2. The molecule has 0 fully saturated rings. The summed E-state index contributed by atoms with van der Waals surface area (Å²) in [7, 11) is 0. The zero-order chi connectivity index (χ0) is 19.1. The number of esters is 1. The minimum atomic E-state index is -0.477. The van der Waals surface area contributed by atoms with Crippen molar-refractivity contribution in [3.8, 4) is 11.3 Å². The van der Waals surface area contributed by atoms with Gasteiger partial charge in [-0.05, 0) is 18.9 Å². The molecule has 0 aliphatic heterocycles. The normalized spacial score (nSPS) is 10.4. The number of aromatic nitrogens is 1. The van der Waals surface area contributed by atoms with Gasteiger partial charge in [0.1, 0.15) is 5.69 Å². The molecule has 0 saturated heterocycles. The molecule has 0 atom stereocenters. The van der Waals surface area contributed by atoms with E-state index < -0.39 is 11.9 Å². The molecule has 0 bridgehead atoms. The van der Waals surface area contributed by atoms with Crippen LogP contribution in [0.4, 0.5) is 5.88 Å². The van der Waals surface area contributed by atoms with E-state index in [4.69, 9.17) is 9.26 Å². The second kappa shape index (κ2) is 8.80. The molecule has 6 heteroatoms. The minimum Gasteiger partial charge on any atom is -0.456 e. The number of rotatable bonds is 7. The van der Waals surface area contributed by atoms with Gasteiger partial charge in [-0.1, -0.05) is 65.3 Å². The van der Waals surface area contributed by atoms with E-state index in [2.05, 4.69) is 10.5 Å². The zero-order valence-corrected chi connectivity index (χ0v) is 15.0. The number of nitrogens with one attached hydrogen (secondary N) is 1. The van der Waals surface area contributed by atoms with Gasteiger partial charge in [0.05, 0.1) is 0 Å². The van der Waals surface area contributed by atoms with Crippen molar-refractivity contribution in [1.29, 1.82) is 0 Å². The van der Waals surface area contributed by atoms with Gasteiger partial charge in [0.25, 0.3) is 5.91 Å². The highest BCUT2D eigenvalue weighted by molar-refractivity contribution is 5.92. The topological polar surface area (TPSA) is 81.4 Å². The predicted molar refractivity (Wildman–Crippen MR) is 101 cm³/mol. The van der Waals surface area contributed by atoms with Crippen LogP contribution in [-0.2, 0) is 20.7 Å². The number of nitrogens with zero attached hydrogens (tertiary/aromatic N) is 1. The van der Waals surface area contributed by atoms with Crippen molar-refractivity contribution in [2.75, 3.05) is 11.9 Å². The molecule has 3 aromatic rings. The quantitative estimate of drug-likeness (QED) is 0.646. The summed E-state index contributed by atoms with van der Waals surface area (Å²) in [5.41, 5.74) is 3.69. The first-order valence-electron chi connectivity index (χ1n) is 8.63. The number of benzene rings is 2. The third kappa shape index (κ3) is 5.54. The Morgan fingerprint density at radius 2 is 1.81 bits per heavy atom. The Morgan fingerprint density at radius 3 is 2.56 bits per heavy atom. The Balaban J connectivity index is 1.44. The Morgan fingerprint density at radius 1 is 1.07 bits per heavy atom. The van der Waals surface area contributed by atoms with Crippen LogP contribution in [0.3, 0.4) is 0 Å². The monoisotopic (exact) mass is 364 g/mol. The highest BCUT2D eigenvalue weighted by atomic mass is 16.5. The molecular formula is C21H20N2O4. The second-order valence-electron chi connectivity index (χ2n) is 6.14. The fourth-order valence-corrected chi connectivity index (χ4v) is 2.48. The summed E-state index contributed by atoms with van der Waals surface area (Å²) in [5.74, 6) is -0.697. The Labute approximate surface area is 157 Å². The van der Waals surface area contributed by atoms with Gasteiger partial charge in [-0.3, -0.25) is 14.9 Å². The minimum absolute atomic E-state index is 0.205. The van der Waals surface area contributed by atoms with E-state index in [1.165, 1.54) is 0 Å². The number of amides is 1. The fourth-order valence-electron chi connectivity index (χ4n) is 2.48. The molecule has 138 valence electrons. The first-order chi connectivity index (χ1) is 13.1. The maximum atomic E-state index is 11.9.